The first-order valence-corrected chi connectivity index (χ1v) is 5.46. The van der Waals surface area contributed by atoms with Gasteiger partial charge in [-0.3, -0.25) is 0 Å². The molecule has 1 N–H and O–H groups in total. The fourth-order valence-corrected chi connectivity index (χ4v) is 1.78. The number of benzene rings is 1. The average Bonchev–Trinajstić information content (AvgIpc) is 2.71. The van der Waals surface area contributed by atoms with Gasteiger partial charge in [-0.1, -0.05) is 0 Å². The number of ether oxygens (including phenoxy) is 1. The van der Waals surface area contributed by atoms with Crippen molar-refractivity contribution in [1.82, 2.24) is 5.32 Å². The highest BCUT2D eigenvalue weighted by atomic mass is 16.5. The van der Waals surface area contributed by atoms with Crippen LogP contribution in [0.5, 0.6) is 5.75 Å². The summed E-state index contributed by atoms with van der Waals surface area (Å²) in [5.74, 6) is 0.868. The Bertz CT molecular complexity index is 476. The lowest BCUT2D eigenvalue weighted by Gasteiger charge is -2.08. The summed E-state index contributed by atoms with van der Waals surface area (Å²) in [6.07, 6.45) is 2.79. The number of hydrogen-bond acceptors (Lipinski definition) is 3. The SMILES string of the molecule is CNC(C)Cc1coc2ccc(OC)cc12. The Kier molecular flexibility index (Phi) is 3.15. The Morgan fingerprint density at radius 3 is 2.94 bits per heavy atom. The number of fused-ring (bicyclic) bond motifs is 1. The molecule has 1 unspecified atom stereocenters. The molecule has 16 heavy (non-hydrogen) atoms. The first kappa shape index (κ1) is 11.0. The van der Waals surface area contributed by atoms with Gasteiger partial charge in [-0.15, -0.1) is 0 Å². The van der Waals surface area contributed by atoms with E-state index in [9.17, 15) is 0 Å². The molecule has 0 fully saturated rings. The predicted molar refractivity (Wildman–Crippen MR) is 65.0 cm³/mol. The molecule has 0 saturated carbocycles. The number of nitrogens with one attached hydrogen (secondary N) is 1. The normalized spacial score (nSPS) is 12.9. The van der Waals surface area contributed by atoms with Gasteiger partial charge in [-0.25, -0.2) is 0 Å². The van der Waals surface area contributed by atoms with Crippen LogP contribution in [0, 0.1) is 0 Å². The number of likely N-dealkylation sites (N-methyl/N-ethyl adjacent to an activating group) is 1. The maximum Gasteiger partial charge on any atom is 0.134 e. The highest BCUT2D eigenvalue weighted by Crippen LogP contribution is 2.26. The molecule has 0 amide bonds. The molecule has 3 nitrogen and oxygen atoms in total. The molecule has 2 aromatic rings. The molecule has 1 atom stereocenters. The number of rotatable bonds is 4. The zero-order valence-electron chi connectivity index (χ0n) is 9.91. The van der Waals surface area contributed by atoms with Gasteiger partial charge < -0.3 is 14.5 Å². The summed E-state index contributed by atoms with van der Waals surface area (Å²) in [5, 5.41) is 4.36. The first-order valence-electron chi connectivity index (χ1n) is 5.46. The summed E-state index contributed by atoms with van der Waals surface area (Å²) < 4.78 is 10.7. The van der Waals surface area contributed by atoms with E-state index in [0.717, 1.165) is 23.1 Å². The highest BCUT2D eigenvalue weighted by molar-refractivity contribution is 5.82. The van der Waals surface area contributed by atoms with Gasteiger partial charge in [0.25, 0.3) is 0 Å². The van der Waals surface area contributed by atoms with Gasteiger partial charge in [0.15, 0.2) is 0 Å². The largest absolute Gasteiger partial charge is 0.497 e. The molecule has 0 bridgehead atoms. The van der Waals surface area contributed by atoms with Crippen molar-refractivity contribution in [3.05, 3.63) is 30.0 Å². The van der Waals surface area contributed by atoms with E-state index in [1.165, 1.54) is 5.56 Å². The van der Waals surface area contributed by atoms with Crippen LogP contribution in [0.2, 0.25) is 0 Å². The number of methoxy groups -OCH3 is 1. The van der Waals surface area contributed by atoms with Crippen molar-refractivity contribution in [1.29, 1.82) is 0 Å². The van der Waals surface area contributed by atoms with E-state index in [-0.39, 0.29) is 0 Å². The van der Waals surface area contributed by atoms with Crippen molar-refractivity contribution < 1.29 is 9.15 Å². The maximum absolute atomic E-state index is 5.51. The van der Waals surface area contributed by atoms with Crippen molar-refractivity contribution >= 4 is 11.0 Å². The smallest absolute Gasteiger partial charge is 0.134 e. The zero-order valence-corrected chi connectivity index (χ0v) is 9.91. The monoisotopic (exact) mass is 219 g/mol. The summed E-state index contributed by atoms with van der Waals surface area (Å²) in [6.45, 7) is 2.15. The third-order valence-electron chi connectivity index (χ3n) is 2.88. The second-order valence-corrected chi connectivity index (χ2v) is 4.02. The summed E-state index contributed by atoms with van der Waals surface area (Å²) in [7, 11) is 3.64. The summed E-state index contributed by atoms with van der Waals surface area (Å²) in [6, 6.07) is 6.32. The molecular weight excluding hydrogens is 202 g/mol. The third-order valence-corrected chi connectivity index (χ3v) is 2.88. The van der Waals surface area contributed by atoms with Gasteiger partial charge in [0, 0.05) is 11.4 Å². The van der Waals surface area contributed by atoms with Crippen molar-refractivity contribution in [2.45, 2.75) is 19.4 Å². The highest BCUT2D eigenvalue weighted by Gasteiger charge is 2.09. The lowest BCUT2D eigenvalue weighted by Crippen LogP contribution is -2.23. The molecule has 0 aliphatic heterocycles. The Balaban J connectivity index is 2.38. The number of hydrogen-bond donors (Lipinski definition) is 1. The molecule has 0 aliphatic carbocycles. The van der Waals surface area contributed by atoms with Gasteiger partial charge in [0.05, 0.1) is 13.4 Å². The van der Waals surface area contributed by atoms with Crippen LogP contribution in [0.25, 0.3) is 11.0 Å². The van der Waals surface area contributed by atoms with Crippen LogP contribution < -0.4 is 10.1 Å². The van der Waals surface area contributed by atoms with E-state index >= 15 is 0 Å². The fraction of sp³-hybridized carbons (Fsp3) is 0.385. The van der Waals surface area contributed by atoms with E-state index in [1.807, 2.05) is 31.5 Å². The topological polar surface area (TPSA) is 34.4 Å². The van der Waals surface area contributed by atoms with E-state index in [1.54, 1.807) is 7.11 Å². The molecule has 3 heteroatoms. The quantitative estimate of drug-likeness (QED) is 0.858. The van der Waals surface area contributed by atoms with Gasteiger partial charge in [-0.05, 0) is 44.2 Å². The molecule has 1 heterocycles. The van der Waals surface area contributed by atoms with Crippen LogP contribution in [0.15, 0.2) is 28.9 Å². The molecule has 1 aromatic carbocycles. The lowest BCUT2D eigenvalue weighted by atomic mass is 10.1. The van der Waals surface area contributed by atoms with Crippen LogP contribution in [0.4, 0.5) is 0 Å². The molecule has 2 rings (SSSR count). The van der Waals surface area contributed by atoms with Crippen LogP contribution in [-0.2, 0) is 6.42 Å². The molecule has 0 aliphatic rings. The van der Waals surface area contributed by atoms with Crippen molar-refractivity contribution in [2.24, 2.45) is 0 Å². The maximum atomic E-state index is 5.51. The minimum absolute atomic E-state index is 0.437. The standard InChI is InChI=1S/C13H17NO2/c1-9(14-2)6-10-8-16-13-5-4-11(15-3)7-12(10)13/h4-5,7-9,14H,6H2,1-3H3. The van der Waals surface area contributed by atoms with E-state index < -0.39 is 0 Å². The van der Waals surface area contributed by atoms with E-state index in [2.05, 4.69) is 12.2 Å². The Hall–Kier alpha value is -1.48. The Morgan fingerprint density at radius 1 is 1.44 bits per heavy atom. The van der Waals surface area contributed by atoms with Crippen LogP contribution in [0.3, 0.4) is 0 Å². The predicted octanol–water partition coefficient (Wildman–Crippen LogP) is 2.59. The van der Waals surface area contributed by atoms with Gasteiger partial charge >= 0.3 is 0 Å². The van der Waals surface area contributed by atoms with Crippen molar-refractivity contribution in [2.75, 3.05) is 14.2 Å². The van der Waals surface area contributed by atoms with E-state index in [0.29, 0.717) is 6.04 Å². The minimum atomic E-state index is 0.437. The Morgan fingerprint density at radius 2 is 2.25 bits per heavy atom. The van der Waals surface area contributed by atoms with E-state index in [4.69, 9.17) is 9.15 Å². The van der Waals surface area contributed by atoms with Crippen LogP contribution in [0.1, 0.15) is 12.5 Å². The van der Waals surface area contributed by atoms with Crippen LogP contribution in [-0.4, -0.2) is 20.2 Å². The third kappa shape index (κ3) is 2.04. The molecule has 86 valence electrons. The second-order valence-electron chi connectivity index (χ2n) is 4.02. The minimum Gasteiger partial charge on any atom is -0.497 e. The van der Waals surface area contributed by atoms with Gasteiger partial charge in [-0.2, -0.15) is 0 Å². The van der Waals surface area contributed by atoms with Gasteiger partial charge in [0.2, 0.25) is 0 Å². The van der Waals surface area contributed by atoms with Crippen molar-refractivity contribution in [3.8, 4) is 5.75 Å². The molecule has 1 aromatic heterocycles. The molecule has 0 radical (unpaired) electrons. The molecule has 0 spiro atoms. The molecular formula is C13H17NO2. The fourth-order valence-electron chi connectivity index (χ4n) is 1.78. The summed E-state index contributed by atoms with van der Waals surface area (Å²) in [5.41, 5.74) is 2.13. The van der Waals surface area contributed by atoms with Crippen LogP contribution >= 0.6 is 0 Å². The lowest BCUT2D eigenvalue weighted by molar-refractivity contribution is 0.415. The second kappa shape index (κ2) is 4.58. The molecule has 0 saturated heterocycles. The summed E-state index contributed by atoms with van der Waals surface area (Å²) >= 11 is 0. The number of furan rings is 1. The zero-order chi connectivity index (χ0) is 11.5. The summed E-state index contributed by atoms with van der Waals surface area (Å²) in [4.78, 5) is 0. The van der Waals surface area contributed by atoms with Gasteiger partial charge in [0.1, 0.15) is 11.3 Å². The van der Waals surface area contributed by atoms with Crippen molar-refractivity contribution in [3.63, 3.8) is 0 Å². The average molecular weight is 219 g/mol. The Labute approximate surface area is 95.4 Å². The first-order chi connectivity index (χ1) is 7.74.